The second-order valence-corrected chi connectivity index (χ2v) is 5.06. The molecule has 4 nitrogen and oxygen atoms in total. The number of carbonyl (C=O) groups is 1. The fourth-order valence-electron chi connectivity index (χ4n) is 2.65. The van der Waals surface area contributed by atoms with Crippen LogP contribution in [0.5, 0.6) is 5.75 Å². The van der Waals surface area contributed by atoms with Gasteiger partial charge in [-0.3, -0.25) is 4.79 Å². The molecule has 0 N–H and O–H groups in total. The van der Waals surface area contributed by atoms with Crippen molar-refractivity contribution in [3.8, 4) is 17.1 Å². The van der Waals surface area contributed by atoms with E-state index in [0.29, 0.717) is 11.4 Å². The average molecular weight is 288 g/mol. The zero-order chi connectivity index (χ0) is 15.1. The first kappa shape index (κ1) is 12.7. The number of ether oxygens (including phenoxy) is 1. The summed E-state index contributed by atoms with van der Waals surface area (Å²) in [6.07, 6.45) is 3.31. The molecule has 0 bridgehead atoms. The first-order valence-electron chi connectivity index (χ1n) is 6.94. The van der Waals surface area contributed by atoms with Gasteiger partial charge in [-0.25, -0.2) is 9.97 Å². The van der Waals surface area contributed by atoms with Crippen molar-refractivity contribution < 1.29 is 9.53 Å². The lowest BCUT2D eigenvalue weighted by molar-refractivity contribution is 0.104. The number of methoxy groups -OCH3 is 1. The molecule has 3 aromatic rings. The molecule has 0 aliphatic heterocycles. The summed E-state index contributed by atoms with van der Waals surface area (Å²) >= 11 is 0. The molecule has 4 heteroatoms. The van der Waals surface area contributed by atoms with Gasteiger partial charge in [0, 0.05) is 16.5 Å². The summed E-state index contributed by atoms with van der Waals surface area (Å²) in [4.78, 5) is 21.1. The van der Waals surface area contributed by atoms with Crippen molar-refractivity contribution in [2.45, 2.75) is 0 Å². The van der Waals surface area contributed by atoms with Crippen LogP contribution in [0.2, 0.25) is 0 Å². The van der Waals surface area contributed by atoms with Crippen LogP contribution in [-0.2, 0) is 0 Å². The fourth-order valence-corrected chi connectivity index (χ4v) is 2.65. The molecule has 2 aromatic carbocycles. The minimum atomic E-state index is -0.00102. The van der Waals surface area contributed by atoms with Gasteiger partial charge in [0.15, 0.2) is 11.6 Å². The van der Waals surface area contributed by atoms with Gasteiger partial charge in [0.05, 0.1) is 18.3 Å². The van der Waals surface area contributed by atoms with E-state index in [4.69, 9.17) is 4.74 Å². The van der Waals surface area contributed by atoms with E-state index in [2.05, 4.69) is 9.97 Å². The van der Waals surface area contributed by atoms with Crippen LogP contribution in [0.3, 0.4) is 0 Å². The van der Waals surface area contributed by atoms with E-state index in [1.165, 1.54) is 0 Å². The molecule has 22 heavy (non-hydrogen) atoms. The molecule has 0 saturated heterocycles. The van der Waals surface area contributed by atoms with Gasteiger partial charge >= 0.3 is 0 Å². The summed E-state index contributed by atoms with van der Waals surface area (Å²) < 4.78 is 5.17. The maximum Gasteiger partial charge on any atom is 0.186 e. The SMILES string of the molecule is COc1ccc(-c2nc3c4c(cccc4n2)C(=O)C=C3)cc1. The Balaban J connectivity index is 1.94. The quantitative estimate of drug-likeness (QED) is 0.724. The number of ketones is 1. The number of benzene rings is 2. The fraction of sp³-hybridized carbons (Fsp3) is 0.0556. The van der Waals surface area contributed by atoms with Gasteiger partial charge in [0.2, 0.25) is 0 Å². The van der Waals surface area contributed by atoms with Gasteiger partial charge in [0.25, 0.3) is 0 Å². The number of aromatic nitrogens is 2. The van der Waals surface area contributed by atoms with Crippen LogP contribution >= 0.6 is 0 Å². The highest BCUT2D eigenvalue weighted by molar-refractivity contribution is 6.19. The smallest absolute Gasteiger partial charge is 0.186 e. The second-order valence-electron chi connectivity index (χ2n) is 5.06. The molecule has 1 aromatic heterocycles. The number of hydrogen-bond acceptors (Lipinski definition) is 4. The Morgan fingerprint density at radius 2 is 1.77 bits per heavy atom. The average Bonchev–Trinajstić information content (AvgIpc) is 2.58. The Morgan fingerprint density at radius 1 is 0.955 bits per heavy atom. The van der Waals surface area contributed by atoms with Crippen LogP contribution < -0.4 is 4.74 Å². The third-order valence-corrected chi connectivity index (χ3v) is 3.76. The Kier molecular flexibility index (Phi) is 2.76. The van der Waals surface area contributed by atoms with Crippen molar-refractivity contribution >= 4 is 22.8 Å². The van der Waals surface area contributed by atoms with E-state index in [1.807, 2.05) is 42.5 Å². The van der Waals surface area contributed by atoms with E-state index in [0.717, 1.165) is 27.9 Å². The predicted molar refractivity (Wildman–Crippen MR) is 84.9 cm³/mol. The highest BCUT2D eigenvalue weighted by atomic mass is 16.5. The third-order valence-electron chi connectivity index (χ3n) is 3.76. The maximum absolute atomic E-state index is 11.9. The van der Waals surface area contributed by atoms with Crippen LogP contribution in [0.15, 0.2) is 48.5 Å². The molecular formula is C18H12N2O2. The highest BCUT2D eigenvalue weighted by Crippen LogP contribution is 2.29. The van der Waals surface area contributed by atoms with E-state index in [1.54, 1.807) is 19.3 Å². The topological polar surface area (TPSA) is 52.1 Å². The maximum atomic E-state index is 11.9. The van der Waals surface area contributed by atoms with Gasteiger partial charge in [-0.05, 0) is 42.5 Å². The summed E-state index contributed by atoms with van der Waals surface area (Å²) in [5.74, 6) is 1.43. The molecule has 0 spiro atoms. The Hall–Kier alpha value is -3.01. The van der Waals surface area contributed by atoms with Crippen LogP contribution in [-0.4, -0.2) is 22.9 Å². The Labute approximate surface area is 127 Å². The van der Waals surface area contributed by atoms with Crippen molar-refractivity contribution in [2.24, 2.45) is 0 Å². The highest BCUT2D eigenvalue weighted by Gasteiger charge is 2.17. The van der Waals surface area contributed by atoms with Gasteiger partial charge in [0.1, 0.15) is 5.75 Å². The minimum Gasteiger partial charge on any atom is -0.497 e. The van der Waals surface area contributed by atoms with Crippen LogP contribution in [0, 0.1) is 0 Å². The van der Waals surface area contributed by atoms with Gasteiger partial charge in [-0.15, -0.1) is 0 Å². The standard InChI is InChI=1S/C18H12N2O2/c1-22-12-7-5-11(6-8-12)18-19-14-4-2-3-13-16(21)10-9-15(20-18)17(13)14/h2-10H,1H3. The molecule has 0 radical (unpaired) electrons. The largest absolute Gasteiger partial charge is 0.497 e. The Bertz CT molecular complexity index is 928. The lowest BCUT2D eigenvalue weighted by Gasteiger charge is -2.12. The number of carbonyl (C=O) groups excluding carboxylic acids is 1. The molecule has 106 valence electrons. The molecule has 4 rings (SSSR count). The van der Waals surface area contributed by atoms with E-state index in [-0.39, 0.29) is 5.78 Å². The van der Waals surface area contributed by atoms with Crippen molar-refractivity contribution in [2.75, 3.05) is 7.11 Å². The van der Waals surface area contributed by atoms with Gasteiger partial charge < -0.3 is 4.74 Å². The molecule has 1 aliphatic carbocycles. The number of rotatable bonds is 2. The molecule has 0 fully saturated rings. The molecule has 1 aliphatic rings. The first-order valence-corrected chi connectivity index (χ1v) is 6.94. The molecule has 0 saturated carbocycles. The van der Waals surface area contributed by atoms with Crippen molar-refractivity contribution in [3.63, 3.8) is 0 Å². The van der Waals surface area contributed by atoms with Gasteiger partial charge in [-0.2, -0.15) is 0 Å². The summed E-state index contributed by atoms with van der Waals surface area (Å²) in [5.41, 5.74) is 3.14. The lowest BCUT2D eigenvalue weighted by atomic mass is 9.98. The predicted octanol–water partition coefficient (Wildman–Crippen LogP) is 3.51. The van der Waals surface area contributed by atoms with Gasteiger partial charge in [-0.1, -0.05) is 12.1 Å². The van der Waals surface area contributed by atoms with E-state index < -0.39 is 0 Å². The summed E-state index contributed by atoms with van der Waals surface area (Å²) in [7, 11) is 1.63. The van der Waals surface area contributed by atoms with Crippen LogP contribution in [0.1, 0.15) is 16.1 Å². The summed E-state index contributed by atoms with van der Waals surface area (Å²) in [5, 5.41) is 0.826. The molecule has 0 unspecified atom stereocenters. The first-order chi connectivity index (χ1) is 10.8. The number of nitrogens with zero attached hydrogens (tertiary/aromatic N) is 2. The van der Waals surface area contributed by atoms with Crippen molar-refractivity contribution in [1.29, 1.82) is 0 Å². The molecule has 1 heterocycles. The third kappa shape index (κ3) is 1.89. The van der Waals surface area contributed by atoms with E-state index >= 15 is 0 Å². The molecule has 0 amide bonds. The second kappa shape index (κ2) is 4.77. The Morgan fingerprint density at radius 3 is 2.55 bits per heavy atom. The zero-order valence-electron chi connectivity index (χ0n) is 11.9. The normalized spacial score (nSPS) is 12.7. The monoisotopic (exact) mass is 288 g/mol. The number of hydrogen-bond donors (Lipinski definition) is 0. The van der Waals surface area contributed by atoms with Crippen LogP contribution in [0.25, 0.3) is 28.4 Å². The molecular weight excluding hydrogens is 276 g/mol. The van der Waals surface area contributed by atoms with Crippen molar-refractivity contribution in [3.05, 3.63) is 59.8 Å². The number of allylic oxidation sites excluding steroid dienone is 1. The van der Waals surface area contributed by atoms with Crippen molar-refractivity contribution in [1.82, 2.24) is 9.97 Å². The summed E-state index contributed by atoms with van der Waals surface area (Å²) in [6, 6.07) is 13.2. The van der Waals surface area contributed by atoms with E-state index in [9.17, 15) is 4.79 Å². The van der Waals surface area contributed by atoms with Crippen LogP contribution in [0.4, 0.5) is 0 Å². The lowest BCUT2D eigenvalue weighted by Crippen LogP contribution is -2.05. The minimum absolute atomic E-state index is 0.00102. The zero-order valence-corrected chi connectivity index (χ0v) is 11.9. The summed E-state index contributed by atoms with van der Waals surface area (Å²) in [6.45, 7) is 0. The molecule has 0 atom stereocenters.